The number of halogens is 1. The molecule has 1 atom stereocenters. The summed E-state index contributed by atoms with van der Waals surface area (Å²) in [5.41, 5.74) is 1.97. The van der Waals surface area contributed by atoms with E-state index >= 15 is 0 Å². The van der Waals surface area contributed by atoms with Crippen molar-refractivity contribution in [2.75, 3.05) is 23.7 Å². The summed E-state index contributed by atoms with van der Waals surface area (Å²) in [5.74, 6) is 0.192. The summed E-state index contributed by atoms with van der Waals surface area (Å²) in [6.07, 6.45) is 4.77. The SMILES string of the molecule is C=CC(=O)Nc1ccc(C(=O)N2CCC[C@H](Nc3ncc4ccc(Cl)cc4n3)C2)cc1. The third-order valence-electron chi connectivity index (χ3n) is 5.17. The van der Waals surface area contributed by atoms with Gasteiger partial charge < -0.3 is 15.5 Å². The molecule has 3 aromatic rings. The Morgan fingerprint density at radius 3 is 2.77 bits per heavy atom. The van der Waals surface area contributed by atoms with Crippen LogP contribution in [-0.4, -0.2) is 45.8 Å². The summed E-state index contributed by atoms with van der Waals surface area (Å²) in [4.78, 5) is 35.1. The van der Waals surface area contributed by atoms with Gasteiger partial charge in [0, 0.05) is 47.0 Å². The lowest BCUT2D eigenvalue weighted by molar-refractivity contribution is -0.111. The van der Waals surface area contributed by atoms with Crippen LogP contribution in [0.25, 0.3) is 10.9 Å². The van der Waals surface area contributed by atoms with Gasteiger partial charge in [-0.25, -0.2) is 9.97 Å². The summed E-state index contributed by atoms with van der Waals surface area (Å²) >= 11 is 6.07. The summed E-state index contributed by atoms with van der Waals surface area (Å²) in [5, 5.41) is 7.57. The van der Waals surface area contributed by atoms with Crippen molar-refractivity contribution in [2.45, 2.75) is 18.9 Å². The van der Waals surface area contributed by atoms with Crippen molar-refractivity contribution in [3.8, 4) is 0 Å². The van der Waals surface area contributed by atoms with Gasteiger partial charge in [0.1, 0.15) is 0 Å². The molecule has 2 N–H and O–H groups in total. The monoisotopic (exact) mass is 435 g/mol. The second-order valence-electron chi connectivity index (χ2n) is 7.40. The smallest absolute Gasteiger partial charge is 0.253 e. The van der Waals surface area contributed by atoms with Gasteiger partial charge in [0.05, 0.1) is 5.52 Å². The summed E-state index contributed by atoms with van der Waals surface area (Å²) in [6, 6.07) is 12.4. The largest absolute Gasteiger partial charge is 0.350 e. The van der Waals surface area contributed by atoms with Crippen LogP contribution >= 0.6 is 11.6 Å². The van der Waals surface area contributed by atoms with Crippen molar-refractivity contribution in [3.05, 3.63) is 71.9 Å². The number of rotatable bonds is 5. The third kappa shape index (κ3) is 5.00. The maximum atomic E-state index is 12.9. The number of carbonyl (C=O) groups is 2. The fraction of sp³-hybridized carbons (Fsp3) is 0.217. The molecule has 1 aliphatic rings. The van der Waals surface area contributed by atoms with E-state index in [2.05, 4.69) is 27.2 Å². The van der Waals surface area contributed by atoms with Crippen molar-refractivity contribution in [1.82, 2.24) is 14.9 Å². The fourth-order valence-electron chi connectivity index (χ4n) is 3.60. The van der Waals surface area contributed by atoms with Crippen molar-refractivity contribution in [1.29, 1.82) is 0 Å². The van der Waals surface area contributed by atoms with E-state index in [0.717, 1.165) is 23.7 Å². The van der Waals surface area contributed by atoms with Crippen LogP contribution in [0.15, 0.2) is 61.3 Å². The molecule has 0 saturated carbocycles. The molecule has 0 radical (unpaired) electrons. The Labute approximate surface area is 185 Å². The van der Waals surface area contributed by atoms with Crippen LogP contribution in [0, 0.1) is 0 Å². The zero-order chi connectivity index (χ0) is 21.8. The lowest BCUT2D eigenvalue weighted by Gasteiger charge is -2.33. The van der Waals surface area contributed by atoms with Gasteiger partial charge in [-0.3, -0.25) is 9.59 Å². The minimum Gasteiger partial charge on any atom is -0.350 e. The van der Waals surface area contributed by atoms with Crippen molar-refractivity contribution in [2.24, 2.45) is 0 Å². The van der Waals surface area contributed by atoms with Crippen LogP contribution in [0.4, 0.5) is 11.6 Å². The molecule has 0 spiro atoms. The average Bonchev–Trinajstić information content (AvgIpc) is 2.79. The van der Waals surface area contributed by atoms with E-state index in [0.29, 0.717) is 35.3 Å². The second kappa shape index (κ2) is 9.14. The van der Waals surface area contributed by atoms with Crippen LogP contribution in [0.5, 0.6) is 0 Å². The Morgan fingerprint density at radius 2 is 2.00 bits per heavy atom. The summed E-state index contributed by atoms with van der Waals surface area (Å²) in [6.45, 7) is 4.68. The first-order valence-corrected chi connectivity index (χ1v) is 10.4. The molecule has 158 valence electrons. The lowest BCUT2D eigenvalue weighted by Crippen LogP contribution is -2.45. The topological polar surface area (TPSA) is 87.2 Å². The number of carbonyl (C=O) groups excluding carboxylic acids is 2. The van der Waals surface area contributed by atoms with E-state index in [1.807, 2.05) is 23.1 Å². The number of likely N-dealkylation sites (tertiary alicyclic amines) is 1. The molecule has 1 aliphatic heterocycles. The quantitative estimate of drug-likeness (QED) is 0.588. The van der Waals surface area contributed by atoms with Gasteiger partial charge in [-0.2, -0.15) is 0 Å². The third-order valence-corrected chi connectivity index (χ3v) is 5.41. The zero-order valence-corrected chi connectivity index (χ0v) is 17.6. The lowest BCUT2D eigenvalue weighted by atomic mass is 10.0. The number of piperidine rings is 1. The highest BCUT2D eigenvalue weighted by atomic mass is 35.5. The molecule has 2 heterocycles. The molecule has 1 aromatic heterocycles. The Bertz CT molecular complexity index is 1130. The van der Waals surface area contributed by atoms with Crippen LogP contribution in [-0.2, 0) is 4.79 Å². The fourth-order valence-corrected chi connectivity index (χ4v) is 3.77. The first kappa shape index (κ1) is 20.8. The molecule has 0 bridgehead atoms. The Morgan fingerprint density at radius 1 is 1.19 bits per heavy atom. The number of benzene rings is 2. The number of hydrogen-bond donors (Lipinski definition) is 2. The van der Waals surface area contributed by atoms with E-state index < -0.39 is 0 Å². The van der Waals surface area contributed by atoms with Gasteiger partial charge in [-0.1, -0.05) is 18.2 Å². The first-order chi connectivity index (χ1) is 15.0. The maximum Gasteiger partial charge on any atom is 0.253 e. The molecule has 1 fully saturated rings. The van der Waals surface area contributed by atoms with Crippen LogP contribution in [0.1, 0.15) is 23.2 Å². The number of anilines is 2. The zero-order valence-electron chi connectivity index (χ0n) is 16.8. The number of amides is 2. The molecule has 31 heavy (non-hydrogen) atoms. The first-order valence-electron chi connectivity index (χ1n) is 10.0. The van der Waals surface area contributed by atoms with Crippen LogP contribution < -0.4 is 10.6 Å². The van der Waals surface area contributed by atoms with E-state index in [-0.39, 0.29) is 17.9 Å². The molecule has 1 saturated heterocycles. The number of nitrogens with zero attached hydrogens (tertiary/aromatic N) is 3. The highest BCUT2D eigenvalue weighted by molar-refractivity contribution is 6.31. The van der Waals surface area contributed by atoms with Gasteiger partial charge in [0.2, 0.25) is 11.9 Å². The normalized spacial score (nSPS) is 16.0. The highest BCUT2D eigenvalue weighted by Gasteiger charge is 2.25. The Balaban J connectivity index is 1.41. The predicted octanol–water partition coefficient (Wildman–Crippen LogP) is 4.12. The number of nitrogens with one attached hydrogen (secondary N) is 2. The van der Waals surface area contributed by atoms with Gasteiger partial charge in [-0.15, -0.1) is 0 Å². The Hall–Kier alpha value is -3.45. The summed E-state index contributed by atoms with van der Waals surface area (Å²) in [7, 11) is 0. The molecule has 7 nitrogen and oxygen atoms in total. The molecule has 2 amide bonds. The van der Waals surface area contributed by atoms with Crippen LogP contribution in [0.3, 0.4) is 0 Å². The Kier molecular flexibility index (Phi) is 6.13. The van der Waals surface area contributed by atoms with Crippen molar-refractivity contribution < 1.29 is 9.59 Å². The molecule has 4 rings (SSSR count). The van der Waals surface area contributed by atoms with Gasteiger partial charge in [-0.05, 0) is 61.4 Å². The molecular weight excluding hydrogens is 414 g/mol. The number of fused-ring (bicyclic) bond motifs is 1. The average molecular weight is 436 g/mol. The van der Waals surface area contributed by atoms with E-state index in [9.17, 15) is 9.59 Å². The van der Waals surface area contributed by atoms with E-state index in [4.69, 9.17) is 11.6 Å². The molecule has 2 aromatic carbocycles. The maximum absolute atomic E-state index is 12.9. The highest BCUT2D eigenvalue weighted by Crippen LogP contribution is 2.21. The van der Waals surface area contributed by atoms with Crippen molar-refractivity contribution >= 4 is 46.0 Å². The van der Waals surface area contributed by atoms with E-state index in [1.54, 1.807) is 30.5 Å². The van der Waals surface area contributed by atoms with Gasteiger partial charge in [0.25, 0.3) is 5.91 Å². The van der Waals surface area contributed by atoms with Crippen LogP contribution in [0.2, 0.25) is 5.02 Å². The number of aromatic nitrogens is 2. The minimum absolute atomic E-state index is 0.0423. The molecule has 0 unspecified atom stereocenters. The summed E-state index contributed by atoms with van der Waals surface area (Å²) < 4.78 is 0. The molecule has 8 heteroatoms. The van der Waals surface area contributed by atoms with Crippen molar-refractivity contribution in [3.63, 3.8) is 0 Å². The standard InChI is InChI=1S/C23H22ClN5O2/c1-2-21(30)26-18-9-6-15(7-10-18)22(31)29-11-3-4-19(14-29)27-23-25-13-16-5-8-17(24)12-20(16)28-23/h2,5-10,12-13,19H,1,3-4,11,14H2,(H,26,30)(H,25,27,28)/t19-/m0/s1. The second-order valence-corrected chi connectivity index (χ2v) is 7.84. The van der Waals surface area contributed by atoms with Gasteiger partial charge >= 0.3 is 0 Å². The molecular formula is C23H22ClN5O2. The van der Waals surface area contributed by atoms with Gasteiger partial charge in [0.15, 0.2) is 0 Å². The van der Waals surface area contributed by atoms with E-state index in [1.165, 1.54) is 6.08 Å². The minimum atomic E-state index is -0.290. The molecule has 0 aliphatic carbocycles. The predicted molar refractivity (Wildman–Crippen MR) is 122 cm³/mol. The number of hydrogen-bond acceptors (Lipinski definition) is 5.